The Labute approximate surface area is 121 Å². The number of carbonyl (C=O) groups is 1. The fourth-order valence-electron chi connectivity index (χ4n) is 2.56. The summed E-state index contributed by atoms with van der Waals surface area (Å²) in [5, 5.41) is 5.12. The van der Waals surface area contributed by atoms with Crippen LogP contribution >= 0.6 is 27.3 Å². The number of rotatable bonds is 3. The van der Waals surface area contributed by atoms with E-state index in [-0.39, 0.29) is 5.91 Å². The fourth-order valence-corrected chi connectivity index (χ4v) is 4.16. The number of hydrogen-bond donors (Lipinski definition) is 1. The maximum absolute atomic E-state index is 12.3. The molecule has 1 aliphatic rings. The predicted molar refractivity (Wildman–Crippen MR) is 78.6 cm³/mol. The second-order valence-corrected chi connectivity index (χ2v) is 6.78. The molecular formula is C13H19BrN2OS. The number of nitrogens with one attached hydrogen (secondary N) is 1. The summed E-state index contributed by atoms with van der Waals surface area (Å²) in [6.07, 6.45) is 4.80. The summed E-state index contributed by atoms with van der Waals surface area (Å²) in [4.78, 5) is 17.3. The van der Waals surface area contributed by atoms with Crippen LogP contribution in [0.4, 0.5) is 0 Å². The molecule has 1 saturated carbocycles. The lowest BCUT2D eigenvalue weighted by Gasteiger charge is -2.30. The number of amides is 1. The lowest BCUT2D eigenvalue weighted by molar-refractivity contribution is 0.0915. The van der Waals surface area contributed by atoms with E-state index >= 15 is 0 Å². The zero-order valence-corrected chi connectivity index (χ0v) is 13.2. The molecule has 3 nitrogen and oxygen atoms in total. The van der Waals surface area contributed by atoms with E-state index in [9.17, 15) is 4.79 Å². The number of hydrogen-bond acceptors (Lipinski definition) is 3. The Morgan fingerprint density at radius 1 is 1.44 bits per heavy atom. The van der Waals surface area contributed by atoms with E-state index in [0.717, 1.165) is 27.3 Å². The van der Waals surface area contributed by atoms with Gasteiger partial charge < -0.3 is 5.32 Å². The van der Waals surface area contributed by atoms with Gasteiger partial charge in [-0.1, -0.05) is 28.8 Å². The van der Waals surface area contributed by atoms with Gasteiger partial charge in [0.25, 0.3) is 5.91 Å². The predicted octanol–water partition coefficient (Wildman–Crippen LogP) is 3.44. The van der Waals surface area contributed by atoms with Gasteiger partial charge in [0.05, 0.1) is 10.7 Å². The number of aromatic nitrogens is 1. The van der Waals surface area contributed by atoms with E-state index in [4.69, 9.17) is 0 Å². The molecule has 0 saturated heterocycles. The van der Waals surface area contributed by atoms with E-state index in [0.29, 0.717) is 12.0 Å². The quantitative estimate of drug-likeness (QED) is 0.862. The molecule has 2 unspecified atom stereocenters. The highest BCUT2D eigenvalue weighted by atomic mass is 79.9. The van der Waals surface area contributed by atoms with Gasteiger partial charge in [-0.25, -0.2) is 4.98 Å². The van der Waals surface area contributed by atoms with Crippen LogP contribution in [0.1, 0.15) is 46.1 Å². The number of aryl methyl sites for hydroxylation is 2. The molecule has 2 atom stereocenters. The van der Waals surface area contributed by atoms with Crippen LogP contribution in [0.2, 0.25) is 0 Å². The number of thiazole rings is 1. The Hall–Kier alpha value is -0.420. The molecule has 1 heterocycles. The summed E-state index contributed by atoms with van der Waals surface area (Å²) in [6, 6.07) is 0.312. The maximum Gasteiger partial charge on any atom is 0.263 e. The Bertz CT molecular complexity index is 433. The maximum atomic E-state index is 12.3. The van der Waals surface area contributed by atoms with E-state index < -0.39 is 0 Å². The van der Waals surface area contributed by atoms with Crippen molar-refractivity contribution in [1.29, 1.82) is 0 Å². The van der Waals surface area contributed by atoms with Crippen LogP contribution in [0.3, 0.4) is 0 Å². The van der Waals surface area contributed by atoms with Crippen LogP contribution in [0.5, 0.6) is 0 Å². The second-order valence-electron chi connectivity index (χ2n) is 4.93. The summed E-state index contributed by atoms with van der Waals surface area (Å²) in [7, 11) is 0. The molecule has 0 aliphatic heterocycles. The van der Waals surface area contributed by atoms with Gasteiger partial charge in [-0.3, -0.25) is 4.79 Å². The Balaban J connectivity index is 2.04. The average molecular weight is 331 g/mol. The molecule has 1 fully saturated rings. The fraction of sp³-hybridized carbons (Fsp3) is 0.692. The van der Waals surface area contributed by atoms with Gasteiger partial charge in [-0.05, 0) is 32.6 Å². The molecule has 1 N–H and O–H groups in total. The van der Waals surface area contributed by atoms with Crippen molar-refractivity contribution in [3.8, 4) is 0 Å². The van der Waals surface area contributed by atoms with Crippen LogP contribution in [-0.4, -0.2) is 22.3 Å². The van der Waals surface area contributed by atoms with E-state index in [1.54, 1.807) is 0 Å². The second kappa shape index (κ2) is 6.15. The minimum Gasteiger partial charge on any atom is -0.348 e. The standard InChI is InChI=1S/C13H19BrN2OS/c1-8-12(18-9(2)15-8)13(17)16-11-6-4-3-5-10(11)7-14/h10-11H,3-7H2,1-2H3,(H,16,17). The molecule has 1 amide bonds. The average Bonchev–Trinajstić information content (AvgIpc) is 2.69. The number of halogens is 1. The highest BCUT2D eigenvalue weighted by Gasteiger charge is 2.26. The summed E-state index contributed by atoms with van der Waals surface area (Å²) in [5.74, 6) is 0.618. The first-order valence-electron chi connectivity index (χ1n) is 6.42. The van der Waals surface area contributed by atoms with Gasteiger partial charge in [0.2, 0.25) is 0 Å². The molecule has 0 aromatic carbocycles. The zero-order chi connectivity index (χ0) is 13.1. The van der Waals surface area contributed by atoms with Crippen LogP contribution in [0, 0.1) is 19.8 Å². The first-order valence-corrected chi connectivity index (χ1v) is 8.36. The smallest absolute Gasteiger partial charge is 0.263 e. The highest BCUT2D eigenvalue weighted by molar-refractivity contribution is 9.09. The molecule has 1 aromatic rings. The topological polar surface area (TPSA) is 42.0 Å². The largest absolute Gasteiger partial charge is 0.348 e. The number of nitrogens with zero attached hydrogens (tertiary/aromatic N) is 1. The van der Waals surface area contributed by atoms with E-state index in [1.807, 2.05) is 13.8 Å². The zero-order valence-electron chi connectivity index (χ0n) is 10.8. The van der Waals surface area contributed by atoms with Crippen molar-refractivity contribution < 1.29 is 4.79 Å². The van der Waals surface area contributed by atoms with Gasteiger partial charge in [0, 0.05) is 11.4 Å². The number of carbonyl (C=O) groups excluding carboxylic acids is 1. The van der Waals surface area contributed by atoms with E-state index in [2.05, 4.69) is 26.2 Å². The third kappa shape index (κ3) is 3.12. The molecular weight excluding hydrogens is 312 g/mol. The Morgan fingerprint density at radius 3 is 2.78 bits per heavy atom. The molecule has 100 valence electrons. The molecule has 0 spiro atoms. The Kier molecular flexibility index (Phi) is 4.78. The van der Waals surface area contributed by atoms with Crippen LogP contribution in [-0.2, 0) is 0 Å². The molecule has 18 heavy (non-hydrogen) atoms. The van der Waals surface area contributed by atoms with Crippen molar-refractivity contribution in [3.05, 3.63) is 15.6 Å². The molecule has 0 radical (unpaired) electrons. The van der Waals surface area contributed by atoms with Crippen molar-refractivity contribution in [2.75, 3.05) is 5.33 Å². The van der Waals surface area contributed by atoms with Crippen molar-refractivity contribution in [2.45, 2.75) is 45.6 Å². The van der Waals surface area contributed by atoms with Gasteiger partial charge in [0.1, 0.15) is 4.88 Å². The molecule has 0 bridgehead atoms. The molecule has 1 aromatic heterocycles. The highest BCUT2D eigenvalue weighted by Crippen LogP contribution is 2.27. The normalized spacial score (nSPS) is 23.9. The van der Waals surface area contributed by atoms with Gasteiger partial charge in [-0.2, -0.15) is 0 Å². The first-order chi connectivity index (χ1) is 8.61. The summed E-state index contributed by atoms with van der Waals surface area (Å²) >= 11 is 5.04. The van der Waals surface area contributed by atoms with Crippen LogP contribution in [0.25, 0.3) is 0 Å². The van der Waals surface area contributed by atoms with Crippen molar-refractivity contribution >= 4 is 33.2 Å². The van der Waals surface area contributed by atoms with E-state index in [1.165, 1.54) is 30.6 Å². The van der Waals surface area contributed by atoms with Gasteiger partial charge in [-0.15, -0.1) is 11.3 Å². The molecule has 5 heteroatoms. The van der Waals surface area contributed by atoms with Gasteiger partial charge in [0.15, 0.2) is 0 Å². The van der Waals surface area contributed by atoms with Crippen LogP contribution < -0.4 is 5.32 Å². The minimum absolute atomic E-state index is 0.0518. The molecule has 2 rings (SSSR count). The third-order valence-electron chi connectivity index (χ3n) is 3.53. The molecule has 1 aliphatic carbocycles. The van der Waals surface area contributed by atoms with Crippen molar-refractivity contribution in [1.82, 2.24) is 10.3 Å². The lowest BCUT2D eigenvalue weighted by atomic mass is 9.86. The van der Waals surface area contributed by atoms with Gasteiger partial charge >= 0.3 is 0 Å². The SMILES string of the molecule is Cc1nc(C)c(C(=O)NC2CCCCC2CBr)s1. The monoisotopic (exact) mass is 330 g/mol. The first kappa shape index (κ1) is 14.0. The minimum atomic E-state index is 0.0518. The van der Waals surface area contributed by atoms with Crippen LogP contribution in [0.15, 0.2) is 0 Å². The summed E-state index contributed by atoms with van der Waals surface area (Å²) in [5.41, 5.74) is 0.848. The summed E-state index contributed by atoms with van der Waals surface area (Å²) in [6.45, 7) is 3.84. The summed E-state index contributed by atoms with van der Waals surface area (Å²) < 4.78 is 0. The lowest BCUT2D eigenvalue weighted by Crippen LogP contribution is -2.42. The van der Waals surface area contributed by atoms with Crippen molar-refractivity contribution in [3.63, 3.8) is 0 Å². The Morgan fingerprint density at radius 2 is 2.17 bits per heavy atom. The van der Waals surface area contributed by atoms with Crippen molar-refractivity contribution in [2.24, 2.45) is 5.92 Å². The third-order valence-corrected chi connectivity index (χ3v) is 5.44. The number of alkyl halides is 1.